The summed E-state index contributed by atoms with van der Waals surface area (Å²) in [6.45, 7) is 0. The molecule has 3 nitrogen and oxygen atoms in total. The van der Waals surface area contributed by atoms with Gasteiger partial charge in [0.1, 0.15) is 5.75 Å². The standard InChI is InChI=1S/C14H18Br3NO2.ClH/c15-8-6-9(16)14(20)11(17)10(8)12(18)13(19)7-4-2-1-3-5-7;/h6-7,12-13,19-20H,1-5,18H2;1H/t12-,13+;/m0./s1. The predicted octanol–water partition coefficient (Wildman–Crippen LogP) is 5.04. The highest BCUT2D eigenvalue weighted by Gasteiger charge is 2.30. The molecule has 1 aliphatic carbocycles. The lowest BCUT2D eigenvalue weighted by Gasteiger charge is -2.31. The van der Waals surface area contributed by atoms with Crippen LogP contribution < -0.4 is 5.73 Å². The van der Waals surface area contributed by atoms with Crippen molar-refractivity contribution in [2.24, 2.45) is 11.7 Å². The Morgan fingerprint density at radius 2 is 1.67 bits per heavy atom. The van der Waals surface area contributed by atoms with Crippen LogP contribution in [0.25, 0.3) is 0 Å². The first-order valence-corrected chi connectivity index (χ1v) is 9.11. The summed E-state index contributed by atoms with van der Waals surface area (Å²) in [5, 5.41) is 20.5. The summed E-state index contributed by atoms with van der Waals surface area (Å²) in [5.41, 5.74) is 6.97. The molecule has 1 saturated carbocycles. The molecule has 1 aromatic carbocycles. The van der Waals surface area contributed by atoms with E-state index in [2.05, 4.69) is 47.8 Å². The van der Waals surface area contributed by atoms with Gasteiger partial charge in [0.25, 0.3) is 0 Å². The van der Waals surface area contributed by atoms with Gasteiger partial charge < -0.3 is 15.9 Å². The fraction of sp³-hybridized carbons (Fsp3) is 0.571. The maximum absolute atomic E-state index is 10.5. The molecule has 0 saturated heterocycles. The second kappa shape index (κ2) is 8.50. The molecule has 7 heteroatoms. The van der Waals surface area contributed by atoms with Crippen LogP contribution >= 0.6 is 60.2 Å². The number of nitrogens with two attached hydrogens (primary N) is 1. The van der Waals surface area contributed by atoms with E-state index in [1.807, 2.05) is 0 Å². The van der Waals surface area contributed by atoms with Gasteiger partial charge in [-0.25, -0.2) is 0 Å². The Bertz CT molecular complexity index is 496. The maximum Gasteiger partial charge on any atom is 0.144 e. The summed E-state index contributed by atoms with van der Waals surface area (Å²) in [4.78, 5) is 0. The number of benzene rings is 1. The zero-order valence-electron chi connectivity index (χ0n) is 11.4. The second-order valence-electron chi connectivity index (χ2n) is 5.33. The van der Waals surface area contributed by atoms with Crippen molar-refractivity contribution in [1.29, 1.82) is 0 Å². The normalized spacial score (nSPS) is 18.9. The minimum absolute atomic E-state index is 0. The Morgan fingerprint density at radius 1 is 1.10 bits per heavy atom. The molecule has 21 heavy (non-hydrogen) atoms. The first-order valence-electron chi connectivity index (χ1n) is 6.73. The molecular formula is C14H19Br3ClNO2. The third-order valence-corrected chi connectivity index (χ3v) is 6.08. The van der Waals surface area contributed by atoms with Crippen LogP contribution in [0.4, 0.5) is 0 Å². The molecule has 0 radical (unpaired) electrons. The number of halogens is 4. The SMILES string of the molecule is Cl.N[C@@H](c1c(Br)cc(Br)c(O)c1Br)[C@H](O)C1CCCCC1. The molecule has 1 fully saturated rings. The number of rotatable bonds is 3. The van der Waals surface area contributed by atoms with Crippen molar-refractivity contribution in [3.8, 4) is 5.75 Å². The zero-order valence-corrected chi connectivity index (χ0v) is 16.9. The lowest BCUT2D eigenvalue weighted by atomic mass is 9.81. The molecular weight excluding hydrogens is 489 g/mol. The molecule has 2 atom stereocenters. The Hall–Kier alpha value is 0.670. The van der Waals surface area contributed by atoms with Crippen molar-refractivity contribution in [3.63, 3.8) is 0 Å². The summed E-state index contributed by atoms with van der Waals surface area (Å²) in [6, 6.07) is 1.23. The smallest absolute Gasteiger partial charge is 0.144 e. The van der Waals surface area contributed by atoms with Gasteiger partial charge in [-0.15, -0.1) is 12.4 Å². The van der Waals surface area contributed by atoms with E-state index in [1.54, 1.807) is 6.07 Å². The van der Waals surface area contributed by atoms with E-state index < -0.39 is 12.1 Å². The Labute approximate surface area is 156 Å². The van der Waals surface area contributed by atoms with Crippen molar-refractivity contribution < 1.29 is 10.2 Å². The number of hydrogen-bond donors (Lipinski definition) is 3. The Balaban J connectivity index is 0.00000220. The highest BCUT2D eigenvalue weighted by atomic mass is 79.9. The van der Waals surface area contributed by atoms with Gasteiger partial charge in [0.2, 0.25) is 0 Å². The molecule has 4 N–H and O–H groups in total. The van der Waals surface area contributed by atoms with E-state index in [4.69, 9.17) is 5.73 Å². The van der Waals surface area contributed by atoms with Gasteiger partial charge in [-0.05, 0) is 56.7 Å². The van der Waals surface area contributed by atoms with Gasteiger partial charge in [-0.2, -0.15) is 0 Å². The predicted molar refractivity (Wildman–Crippen MR) is 98.0 cm³/mol. The van der Waals surface area contributed by atoms with Crippen LogP contribution in [0.3, 0.4) is 0 Å². The number of phenols is 1. The Kier molecular flexibility index (Phi) is 7.98. The van der Waals surface area contributed by atoms with Gasteiger partial charge >= 0.3 is 0 Å². The van der Waals surface area contributed by atoms with Crippen LogP contribution in [0, 0.1) is 5.92 Å². The van der Waals surface area contributed by atoms with Crippen LogP contribution in [0.2, 0.25) is 0 Å². The number of phenolic OH excluding ortho intramolecular Hbond substituents is 1. The highest BCUT2D eigenvalue weighted by Crippen LogP contribution is 2.43. The summed E-state index contributed by atoms with van der Waals surface area (Å²) in [5.74, 6) is 0.345. The van der Waals surface area contributed by atoms with Crippen LogP contribution in [0.15, 0.2) is 19.5 Å². The molecule has 0 aliphatic heterocycles. The van der Waals surface area contributed by atoms with Crippen LogP contribution in [0.1, 0.15) is 43.7 Å². The van der Waals surface area contributed by atoms with Crippen molar-refractivity contribution in [1.82, 2.24) is 0 Å². The van der Waals surface area contributed by atoms with Crippen molar-refractivity contribution in [2.45, 2.75) is 44.2 Å². The topological polar surface area (TPSA) is 66.5 Å². The molecule has 0 bridgehead atoms. The number of hydrogen-bond acceptors (Lipinski definition) is 3. The van der Waals surface area contributed by atoms with Crippen molar-refractivity contribution in [2.75, 3.05) is 0 Å². The molecule has 120 valence electrons. The monoisotopic (exact) mass is 505 g/mol. The minimum Gasteiger partial charge on any atom is -0.506 e. The van der Waals surface area contributed by atoms with Crippen molar-refractivity contribution in [3.05, 3.63) is 25.0 Å². The average molecular weight is 508 g/mol. The molecule has 2 rings (SSSR count). The summed E-state index contributed by atoms with van der Waals surface area (Å²) in [6.07, 6.45) is 5.00. The summed E-state index contributed by atoms with van der Waals surface area (Å²) in [7, 11) is 0. The number of aromatic hydroxyl groups is 1. The quantitative estimate of drug-likeness (QED) is 0.536. The van der Waals surface area contributed by atoms with Gasteiger partial charge in [0.05, 0.1) is 21.1 Å². The first-order chi connectivity index (χ1) is 9.43. The summed E-state index contributed by atoms with van der Waals surface area (Å²) < 4.78 is 1.89. The first kappa shape index (κ1) is 19.7. The summed E-state index contributed by atoms with van der Waals surface area (Å²) >= 11 is 10.1. The van der Waals surface area contributed by atoms with Crippen LogP contribution in [0.5, 0.6) is 5.75 Å². The minimum atomic E-state index is -0.594. The van der Waals surface area contributed by atoms with E-state index in [-0.39, 0.29) is 24.1 Å². The van der Waals surface area contributed by atoms with Gasteiger partial charge in [-0.1, -0.05) is 35.2 Å². The molecule has 0 heterocycles. The maximum atomic E-state index is 10.5. The van der Waals surface area contributed by atoms with Gasteiger partial charge in [-0.3, -0.25) is 0 Å². The average Bonchev–Trinajstić information content (AvgIpc) is 2.45. The molecule has 0 aromatic heterocycles. The Morgan fingerprint density at radius 3 is 2.24 bits per heavy atom. The molecule has 0 spiro atoms. The van der Waals surface area contributed by atoms with Crippen LogP contribution in [-0.2, 0) is 0 Å². The van der Waals surface area contributed by atoms with E-state index in [0.717, 1.165) is 30.2 Å². The number of aliphatic hydroxyl groups excluding tert-OH is 1. The van der Waals surface area contributed by atoms with Gasteiger partial charge in [0.15, 0.2) is 0 Å². The third kappa shape index (κ3) is 4.36. The van der Waals surface area contributed by atoms with Gasteiger partial charge in [0, 0.05) is 10.0 Å². The highest BCUT2D eigenvalue weighted by molar-refractivity contribution is 9.11. The molecule has 0 amide bonds. The molecule has 1 aromatic rings. The lowest BCUT2D eigenvalue weighted by Crippen LogP contribution is -2.34. The van der Waals surface area contributed by atoms with E-state index in [0.29, 0.717) is 14.5 Å². The lowest BCUT2D eigenvalue weighted by molar-refractivity contribution is 0.0613. The number of aliphatic hydroxyl groups is 1. The van der Waals surface area contributed by atoms with E-state index >= 15 is 0 Å². The van der Waals surface area contributed by atoms with Crippen molar-refractivity contribution >= 4 is 60.2 Å². The fourth-order valence-corrected chi connectivity index (χ4v) is 5.49. The largest absolute Gasteiger partial charge is 0.506 e. The fourth-order valence-electron chi connectivity index (χ4n) is 2.84. The third-order valence-electron chi connectivity index (χ3n) is 4.02. The van der Waals surface area contributed by atoms with E-state index in [1.165, 1.54) is 6.42 Å². The second-order valence-corrected chi connectivity index (χ2v) is 7.83. The molecule has 0 unspecified atom stereocenters. The van der Waals surface area contributed by atoms with Crippen LogP contribution in [-0.4, -0.2) is 16.3 Å². The molecule has 1 aliphatic rings. The zero-order chi connectivity index (χ0) is 14.9. The van der Waals surface area contributed by atoms with E-state index in [9.17, 15) is 10.2 Å².